The predicted octanol–water partition coefficient (Wildman–Crippen LogP) is 3.22. The van der Waals surface area contributed by atoms with Crippen molar-refractivity contribution < 1.29 is 13.2 Å². The molecule has 0 fully saturated rings. The van der Waals surface area contributed by atoms with Gasteiger partial charge in [-0.15, -0.1) is 0 Å². The van der Waals surface area contributed by atoms with Crippen molar-refractivity contribution in [3.8, 4) is 0 Å². The second kappa shape index (κ2) is 8.09. The number of nitrogens with zero attached hydrogens (tertiary/aromatic N) is 4. The molecule has 0 aliphatic carbocycles. The van der Waals surface area contributed by atoms with Gasteiger partial charge in [-0.1, -0.05) is 18.2 Å². The minimum absolute atomic E-state index is 0.0861. The van der Waals surface area contributed by atoms with E-state index < -0.39 is 10.0 Å². The van der Waals surface area contributed by atoms with Crippen molar-refractivity contribution >= 4 is 32.7 Å². The second-order valence-corrected chi connectivity index (χ2v) is 10.3. The lowest BCUT2D eigenvalue weighted by Gasteiger charge is -2.22. The monoisotopic (exact) mass is 440 g/mol. The number of hydrogen-bond donors (Lipinski definition) is 0. The molecule has 1 aromatic heterocycles. The van der Waals surface area contributed by atoms with Gasteiger partial charge in [0.05, 0.1) is 15.9 Å². The predicted molar refractivity (Wildman–Crippen MR) is 122 cm³/mol. The van der Waals surface area contributed by atoms with Crippen molar-refractivity contribution in [3.05, 3.63) is 53.9 Å². The topological polar surface area (TPSA) is 75.5 Å². The van der Waals surface area contributed by atoms with E-state index in [1.807, 2.05) is 30.0 Å². The van der Waals surface area contributed by atoms with Gasteiger partial charge in [0.1, 0.15) is 5.82 Å². The number of fused-ring (bicyclic) bond motifs is 2. The van der Waals surface area contributed by atoms with Crippen molar-refractivity contribution in [2.75, 3.05) is 19.0 Å². The highest BCUT2D eigenvalue weighted by molar-refractivity contribution is 7.89. The van der Waals surface area contributed by atoms with E-state index in [1.54, 1.807) is 18.2 Å². The van der Waals surface area contributed by atoms with Crippen LogP contribution in [0.25, 0.3) is 11.0 Å². The maximum absolute atomic E-state index is 13.1. The minimum atomic E-state index is -3.53. The molecule has 164 valence electrons. The van der Waals surface area contributed by atoms with Crippen LogP contribution in [0.5, 0.6) is 0 Å². The highest BCUT2D eigenvalue weighted by atomic mass is 32.2. The Morgan fingerprint density at radius 3 is 2.65 bits per heavy atom. The maximum atomic E-state index is 13.1. The van der Waals surface area contributed by atoms with Gasteiger partial charge < -0.3 is 9.47 Å². The van der Waals surface area contributed by atoms with Crippen LogP contribution in [-0.4, -0.2) is 48.3 Å². The summed E-state index contributed by atoms with van der Waals surface area (Å²) in [7, 11) is -0.502. The zero-order valence-electron chi connectivity index (χ0n) is 18.4. The molecule has 1 atom stereocenters. The Kier molecular flexibility index (Phi) is 5.61. The Balaban J connectivity index is 1.59. The largest absolute Gasteiger partial charge is 0.328 e. The molecule has 7 nitrogen and oxygen atoms in total. The van der Waals surface area contributed by atoms with Gasteiger partial charge >= 0.3 is 0 Å². The molecular formula is C23H28N4O3S. The Bertz CT molecular complexity index is 1250. The number of amides is 1. The Morgan fingerprint density at radius 2 is 1.94 bits per heavy atom. The van der Waals surface area contributed by atoms with Crippen LogP contribution in [0.1, 0.15) is 31.7 Å². The molecule has 2 aromatic carbocycles. The summed E-state index contributed by atoms with van der Waals surface area (Å²) in [6.07, 6.45) is 1.73. The summed E-state index contributed by atoms with van der Waals surface area (Å²) < 4.78 is 28.2. The van der Waals surface area contributed by atoms with Gasteiger partial charge in [0.2, 0.25) is 15.9 Å². The average molecular weight is 441 g/mol. The number of rotatable bonds is 6. The number of para-hydroxylation sites is 1. The van der Waals surface area contributed by atoms with Crippen molar-refractivity contribution in [2.45, 2.75) is 50.6 Å². The third-order valence-electron chi connectivity index (χ3n) is 5.93. The lowest BCUT2D eigenvalue weighted by molar-refractivity contribution is -0.118. The van der Waals surface area contributed by atoms with Gasteiger partial charge in [-0.25, -0.2) is 17.7 Å². The summed E-state index contributed by atoms with van der Waals surface area (Å²) in [5.74, 6) is 0.883. The molecule has 0 N–H and O–H groups in total. The number of benzene rings is 2. The average Bonchev–Trinajstić information content (AvgIpc) is 3.27. The molecule has 31 heavy (non-hydrogen) atoms. The maximum Gasteiger partial charge on any atom is 0.242 e. The first-order chi connectivity index (χ1) is 14.7. The van der Waals surface area contributed by atoms with Crippen molar-refractivity contribution in [3.63, 3.8) is 0 Å². The summed E-state index contributed by atoms with van der Waals surface area (Å²) in [6, 6.07) is 13.2. The molecule has 0 unspecified atom stereocenters. The zero-order valence-corrected chi connectivity index (χ0v) is 19.2. The van der Waals surface area contributed by atoms with E-state index in [2.05, 4.69) is 22.5 Å². The van der Waals surface area contributed by atoms with E-state index in [0.29, 0.717) is 24.9 Å². The quantitative estimate of drug-likeness (QED) is 0.590. The number of carbonyl (C=O) groups excluding carboxylic acids is 1. The molecule has 4 rings (SSSR count). The van der Waals surface area contributed by atoms with Crippen LogP contribution < -0.4 is 4.90 Å². The number of sulfonamides is 1. The number of carbonyl (C=O) groups is 1. The molecule has 0 saturated heterocycles. The lowest BCUT2D eigenvalue weighted by atomic mass is 10.1. The molecule has 0 spiro atoms. The minimum Gasteiger partial charge on any atom is -0.328 e. The molecule has 0 saturated carbocycles. The van der Waals surface area contributed by atoms with Crippen molar-refractivity contribution in [2.24, 2.45) is 0 Å². The lowest BCUT2D eigenvalue weighted by Crippen LogP contribution is -2.35. The van der Waals surface area contributed by atoms with Crippen LogP contribution in [0, 0.1) is 0 Å². The number of aryl methyl sites for hydroxylation is 2. The Hall–Kier alpha value is -2.71. The fourth-order valence-electron chi connectivity index (χ4n) is 4.36. The van der Waals surface area contributed by atoms with E-state index in [9.17, 15) is 13.2 Å². The van der Waals surface area contributed by atoms with Crippen LogP contribution in [0.3, 0.4) is 0 Å². The van der Waals surface area contributed by atoms with Gasteiger partial charge in [-0.2, -0.15) is 0 Å². The Morgan fingerprint density at radius 1 is 1.19 bits per heavy atom. The standard InChI is InChI=1S/C23H28N4O3S/c1-5-26-21-11-10-18(31(29,30)25(3)4)15-19(21)24-22(26)12-13-23(28)27-16(2)14-17-8-6-7-9-20(17)27/h6-11,15-16H,5,12-14H2,1-4H3/t16-/m1/s1. The van der Waals surface area contributed by atoms with Crippen LogP contribution in [-0.2, 0) is 34.2 Å². The summed E-state index contributed by atoms with van der Waals surface area (Å²) in [5, 5.41) is 0. The first-order valence-corrected chi connectivity index (χ1v) is 12.0. The number of hydrogen-bond acceptors (Lipinski definition) is 4. The molecule has 0 bridgehead atoms. The molecule has 1 aliphatic rings. The van der Waals surface area contributed by atoms with Crippen LogP contribution >= 0.6 is 0 Å². The normalized spacial score (nSPS) is 16.3. The van der Waals surface area contributed by atoms with E-state index in [4.69, 9.17) is 0 Å². The van der Waals surface area contributed by atoms with E-state index in [-0.39, 0.29) is 16.8 Å². The molecule has 8 heteroatoms. The van der Waals surface area contributed by atoms with Crippen LogP contribution in [0.2, 0.25) is 0 Å². The van der Waals surface area contributed by atoms with E-state index in [1.165, 1.54) is 24.0 Å². The first kappa shape index (κ1) is 21.5. The van der Waals surface area contributed by atoms with Crippen molar-refractivity contribution in [1.29, 1.82) is 0 Å². The summed E-state index contributed by atoms with van der Waals surface area (Å²) in [5.41, 5.74) is 3.72. The first-order valence-electron chi connectivity index (χ1n) is 10.6. The third kappa shape index (κ3) is 3.74. The number of anilines is 1. The Labute approximate surface area is 183 Å². The molecule has 1 amide bonds. The van der Waals surface area contributed by atoms with Gasteiger partial charge in [-0.3, -0.25) is 4.79 Å². The van der Waals surface area contributed by atoms with Gasteiger partial charge in [-0.05, 0) is 50.1 Å². The molecule has 0 radical (unpaired) electrons. The second-order valence-electron chi connectivity index (χ2n) is 8.16. The van der Waals surface area contributed by atoms with E-state index in [0.717, 1.165) is 23.4 Å². The van der Waals surface area contributed by atoms with Gasteiger partial charge in [0.15, 0.2) is 0 Å². The molecule has 1 aliphatic heterocycles. The molecule has 2 heterocycles. The van der Waals surface area contributed by atoms with Crippen LogP contribution in [0.15, 0.2) is 47.4 Å². The zero-order chi connectivity index (χ0) is 22.3. The van der Waals surface area contributed by atoms with Crippen LogP contribution in [0.4, 0.5) is 5.69 Å². The third-order valence-corrected chi connectivity index (χ3v) is 7.74. The summed E-state index contributed by atoms with van der Waals surface area (Å²) in [4.78, 5) is 19.9. The molecular weight excluding hydrogens is 412 g/mol. The summed E-state index contributed by atoms with van der Waals surface area (Å²) in [6.45, 7) is 4.80. The molecule has 3 aromatic rings. The fourth-order valence-corrected chi connectivity index (χ4v) is 5.28. The fraction of sp³-hybridized carbons (Fsp3) is 0.391. The van der Waals surface area contributed by atoms with Gasteiger partial charge in [0.25, 0.3) is 0 Å². The smallest absolute Gasteiger partial charge is 0.242 e. The van der Waals surface area contributed by atoms with Crippen molar-refractivity contribution in [1.82, 2.24) is 13.9 Å². The highest BCUT2D eigenvalue weighted by Gasteiger charge is 2.30. The summed E-state index contributed by atoms with van der Waals surface area (Å²) >= 11 is 0. The highest BCUT2D eigenvalue weighted by Crippen LogP contribution is 2.32. The van der Waals surface area contributed by atoms with E-state index >= 15 is 0 Å². The SMILES string of the molecule is CCn1c(CCC(=O)N2c3ccccc3C[C@H]2C)nc2cc(S(=O)(=O)N(C)C)ccc21. The number of imidazole rings is 1. The van der Waals surface area contributed by atoms with Gasteiger partial charge in [0, 0.05) is 45.2 Å². The number of aromatic nitrogens is 2.